The summed E-state index contributed by atoms with van der Waals surface area (Å²) in [6.07, 6.45) is 0.180. The maximum atomic E-state index is 12.5. The molecule has 260 valence electrons. The van der Waals surface area contributed by atoms with Crippen LogP contribution in [0.25, 0.3) is 11.1 Å². The minimum absolute atomic E-state index is 0.225. The van der Waals surface area contributed by atoms with E-state index < -0.39 is 16.1 Å². The molecule has 0 fully saturated rings. The van der Waals surface area contributed by atoms with Gasteiger partial charge >= 0.3 is 5.97 Å². The number of anilines is 1. The number of nitrogens with one attached hydrogen (secondary N) is 2. The van der Waals surface area contributed by atoms with Crippen LogP contribution in [-0.4, -0.2) is 45.4 Å². The summed E-state index contributed by atoms with van der Waals surface area (Å²) in [4.78, 5) is 12.5. The number of benzene rings is 5. The van der Waals surface area contributed by atoms with Crippen molar-refractivity contribution in [2.75, 3.05) is 30.7 Å². The van der Waals surface area contributed by atoms with E-state index in [1.54, 1.807) is 30.3 Å². The topological polar surface area (TPSA) is 123 Å². The van der Waals surface area contributed by atoms with E-state index in [1.165, 1.54) is 0 Å². The highest BCUT2D eigenvalue weighted by molar-refractivity contribution is 7.92. The molecular weight excluding hydrogens is 653 g/mol. The second kappa shape index (κ2) is 17.0. The van der Waals surface area contributed by atoms with E-state index in [2.05, 4.69) is 10.0 Å². The number of carbonyl (C=O) groups excluding carboxylic acids is 1. The quantitative estimate of drug-likeness (QED) is 0.0747. The third-order valence-electron chi connectivity index (χ3n) is 8.18. The molecule has 0 heterocycles. The first-order valence-electron chi connectivity index (χ1n) is 16.3. The van der Waals surface area contributed by atoms with E-state index in [-0.39, 0.29) is 31.4 Å². The van der Waals surface area contributed by atoms with Crippen molar-refractivity contribution in [3.63, 3.8) is 0 Å². The second-order valence-corrected chi connectivity index (χ2v) is 13.7. The first-order chi connectivity index (χ1) is 24.1. The lowest BCUT2D eigenvalue weighted by Crippen LogP contribution is -2.26. The predicted molar refractivity (Wildman–Crippen MR) is 196 cm³/mol. The molecule has 0 saturated heterocycles. The number of aliphatic hydroxyl groups is 1. The highest BCUT2D eigenvalue weighted by Gasteiger charge is 2.15. The fourth-order valence-corrected chi connectivity index (χ4v) is 5.90. The molecule has 0 aromatic heterocycles. The van der Waals surface area contributed by atoms with E-state index in [1.807, 2.05) is 98.8 Å². The fourth-order valence-electron chi connectivity index (χ4n) is 5.34. The monoisotopic (exact) mass is 694 g/mol. The summed E-state index contributed by atoms with van der Waals surface area (Å²) >= 11 is 0. The van der Waals surface area contributed by atoms with Crippen LogP contribution >= 0.6 is 0 Å². The van der Waals surface area contributed by atoms with Gasteiger partial charge in [0.15, 0.2) is 0 Å². The predicted octanol–water partition coefficient (Wildman–Crippen LogP) is 6.98. The average molecular weight is 695 g/mol. The molecule has 0 aliphatic heterocycles. The molecule has 0 spiro atoms. The smallest absolute Gasteiger partial charge is 0.338 e. The van der Waals surface area contributed by atoms with Crippen LogP contribution in [0.15, 0.2) is 115 Å². The van der Waals surface area contributed by atoms with E-state index in [9.17, 15) is 18.3 Å². The number of esters is 1. The van der Waals surface area contributed by atoms with Crippen molar-refractivity contribution in [1.82, 2.24) is 5.32 Å². The van der Waals surface area contributed by atoms with E-state index >= 15 is 0 Å². The van der Waals surface area contributed by atoms with E-state index in [4.69, 9.17) is 14.2 Å². The zero-order chi connectivity index (χ0) is 35.5. The SMILES string of the molecule is Cc1c(OCCNC[C@H](O)c2ccc(OCc3ccccc3)c(NS(C)(=O)=O)c2)ccc(-c2ccc(C(=O)OCc3ccccc3)cc2)c1C. The Balaban J connectivity index is 1.11. The summed E-state index contributed by atoms with van der Waals surface area (Å²) in [5.74, 6) is 0.760. The summed E-state index contributed by atoms with van der Waals surface area (Å²) < 4.78 is 44.0. The zero-order valence-electron chi connectivity index (χ0n) is 28.4. The van der Waals surface area contributed by atoms with Crippen LogP contribution in [0.5, 0.6) is 11.5 Å². The van der Waals surface area contributed by atoms with Crippen LogP contribution in [0.4, 0.5) is 5.69 Å². The largest absolute Gasteiger partial charge is 0.492 e. The molecule has 5 aromatic carbocycles. The average Bonchev–Trinajstić information content (AvgIpc) is 3.12. The van der Waals surface area contributed by atoms with Gasteiger partial charge in [-0.05, 0) is 83.1 Å². The van der Waals surface area contributed by atoms with Crippen molar-refractivity contribution in [3.05, 3.63) is 149 Å². The number of rotatable bonds is 16. The Bertz CT molecular complexity index is 1980. The van der Waals surface area contributed by atoms with Crippen LogP contribution in [-0.2, 0) is 28.0 Å². The molecule has 0 aliphatic carbocycles. The van der Waals surface area contributed by atoms with Gasteiger partial charge in [0, 0.05) is 13.1 Å². The maximum Gasteiger partial charge on any atom is 0.338 e. The standard InChI is InChI=1S/C40H42N2O7S/c1-28-29(2)38(21-19-35(28)32-14-16-33(17-15-32)40(44)49-27-31-12-8-5-9-13-31)47-23-22-41-25-37(43)34-18-20-39(36(24-34)42-50(3,45)46)48-26-30-10-6-4-7-11-30/h4-21,24,37,41-43H,22-23,25-27H2,1-3H3/t37-/m0/s1. The molecule has 10 heteroatoms. The minimum Gasteiger partial charge on any atom is -0.492 e. The Labute approximate surface area is 293 Å². The minimum atomic E-state index is -3.58. The van der Waals surface area contributed by atoms with Crippen molar-refractivity contribution in [2.24, 2.45) is 0 Å². The lowest BCUT2D eigenvalue weighted by molar-refractivity contribution is 0.0472. The number of hydrogen-bond acceptors (Lipinski definition) is 8. The molecule has 0 saturated carbocycles. The molecule has 0 amide bonds. The normalized spacial score (nSPS) is 11.8. The number of hydrogen-bond donors (Lipinski definition) is 3. The highest BCUT2D eigenvalue weighted by atomic mass is 32.2. The Morgan fingerprint density at radius 1 is 0.760 bits per heavy atom. The molecule has 9 nitrogen and oxygen atoms in total. The molecule has 3 N–H and O–H groups in total. The van der Waals surface area contributed by atoms with Crippen molar-refractivity contribution < 1.29 is 32.5 Å². The zero-order valence-corrected chi connectivity index (χ0v) is 29.2. The van der Waals surface area contributed by atoms with Gasteiger partial charge in [0.05, 0.1) is 23.6 Å². The van der Waals surface area contributed by atoms with Gasteiger partial charge in [-0.25, -0.2) is 13.2 Å². The third kappa shape index (κ3) is 10.2. The summed E-state index contributed by atoms with van der Waals surface area (Å²) in [6.45, 7) is 5.63. The lowest BCUT2D eigenvalue weighted by Gasteiger charge is -2.18. The Morgan fingerprint density at radius 3 is 2.06 bits per heavy atom. The Kier molecular flexibility index (Phi) is 12.3. The molecular formula is C40H42N2O7S. The first-order valence-corrected chi connectivity index (χ1v) is 18.2. The van der Waals surface area contributed by atoms with Gasteiger partial charge in [-0.15, -0.1) is 0 Å². The molecule has 5 rings (SSSR count). The van der Waals surface area contributed by atoms with Gasteiger partial charge in [0.25, 0.3) is 0 Å². The van der Waals surface area contributed by atoms with Crippen LogP contribution in [0, 0.1) is 13.8 Å². The molecule has 0 bridgehead atoms. The number of aliphatic hydroxyl groups excluding tert-OH is 1. The van der Waals surface area contributed by atoms with Gasteiger partial charge in [-0.3, -0.25) is 4.72 Å². The number of ether oxygens (including phenoxy) is 3. The van der Waals surface area contributed by atoms with Crippen LogP contribution in [0.2, 0.25) is 0 Å². The lowest BCUT2D eigenvalue weighted by atomic mass is 9.96. The molecule has 0 unspecified atom stereocenters. The van der Waals surface area contributed by atoms with Gasteiger partial charge in [0.1, 0.15) is 31.3 Å². The molecule has 50 heavy (non-hydrogen) atoms. The van der Waals surface area contributed by atoms with Crippen LogP contribution < -0.4 is 19.5 Å². The molecule has 5 aromatic rings. The summed E-state index contributed by atoms with van der Waals surface area (Å²) in [5, 5.41) is 14.1. The second-order valence-electron chi connectivity index (χ2n) is 12.0. The summed E-state index contributed by atoms with van der Waals surface area (Å²) in [6, 6.07) is 35.4. The number of carbonyl (C=O) groups is 1. The van der Waals surface area contributed by atoms with Crippen LogP contribution in [0.3, 0.4) is 0 Å². The van der Waals surface area contributed by atoms with Crippen molar-refractivity contribution in [3.8, 4) is 22.6 Å². The van der Waals surface area contributed by atoms with Crippen LogP contribution in [0.1, 0.15) is 44.3 Å². The Hall–Kier alpha value is -5.16. The number of sulfonamides is 1. The van der Waals surface area contributed by atoms with Crippen molar-refractivity contribution >= 4 is 21.7 Å². The van der Waals surface area contributed by atoms with E-state index in [0.717, 1.165) is 45.4 Å². The maximum absolute atomic E-state index is 12.5. The van der Waals surface area contributed by atoms with E-state index in [0.29, 0.717) is 30.0 Å². The third-order valence-corrected chi connectivity index (χ3v) is 8.77. The molecule has 0 aliphatic rings. The van der Waals surface area contributed by atoms with Gasteiger partial charge in [-0.2, -0.15) is 0 Å². The van der Waals surface area contributed by atoms with Gasteiger partial charge < -0.3 is 24.6 Å². The van der Waals surface area contributed by atoms with Crippen molar-refractivity contribution in [2.45, 2.75) is 33.2 Å². The summed E-state index contributed by atoms with van der Waals surface area (Å²) in [7, 11) is -3.58. The first kappa shape index (κ1) is 36.1. The Morgan fingerprint density at radius 2 is 1.40 bits per heavy atom. The van der Waals surface area contributed by atoms with Gasteiger partial charge in [-0.1, -0.05) is 84.9 Å². The van der Waals surface area contributed by atoms with Crippen molar-refractivity contribution in [1.29, 1.82) is 0 Å². The fraction of sp³-hybridized carbons (Fsp3) is 0.225. The molecule has 1 atom stereocenters. The molecule has 0 radical (unpaired) electrons. The van der Waals surface area contributed by atoms with Gasteiger partial charge in [0.2, 0.25) is 10.0 Å². The highest BCUT2D eigenvalue weighted by Crippen LogP contribution is 2.32. The summed E-state index contributed by atoms with van der Waals surface area (Å²) in [5.41, 5.74) is 7.28.